The lowest BCUT2D eigenvalue weighted by atomic mass is 9.90. The second-order valence-corrected chi connectivity index (χ2v) is 7.17. The summed E-state index contributed by atoms with van der Waals surface area (Å²) < 4.78 is 12.4. The Hall–Kier alpha value is -3.61. The van der Waals surface area contributed by atoms with E-state index < -0.39 is 0 Å². The van der Waals surface area contributed by atoms with Crippen LogP contribution >= 0.6 is 0 Å². The summed E-state index contributed by atoms with van der Waals surface area (Å²) in [7, 11) is 0. The Morgan fingerprint density at radius 1 is 1.10 bits per heavy atom. The topological polar surface area (TPSA) is 86.1 Å². The number of hydrogen-bond donors (Lipinski definition) is 1. The first-order valence-corrected chi connectivity index (χ1v) is 9.71. The van der Waals surface area contributed by atoms with E-state index in [0.29, 0.717) is 18.1 Å². The third-order valence-electron chi connectivity index (χ3n) is 5.22. The minimum atomic E-state index is -0.348. The summed E-state index contributed by atoms with van der Waals surface area (Å²) in [6.45, 7) is 0.425. The van der Waals surface area contributed by atoms with E-state index in [1.807, 2.05) is 18.2 Å². The monoisotopic (exact) mass is 388 g/mol. The van der Waals surface area contributed by atoms with Crippen molar-refractivity contribution in [1.82, 2.24) is 14.9 Å². The van der Waals surface area contributed by atoms with Crippen molar-refractivity contribution in [3.63, 3.8) is 0 Å². The summed E-state index contributed by atoms with van der Waals surface area (Å²) in [6.07, 6.45) is 7.91. The molecule has 3 aromatic heterocycles. The molecule has 0 radical (unpaired) electrons. The van der Waals surface area contributed by atoms with Gasteiger partial charge in [-0.3, -0.25) is 4.79 Å². The molecule has 5 rings (SSSR count). The number of rotatable bonds is 5. The van der Waals surface area contributed by atoms with Crippen LogP contribution < -0.4 is 5.32 Å². The molecule has 0 saturated carbocycles. The number of nitrogens with zero attached hydrogens (tertiary/aromatic N) is 3. The fraction of sp³-hybridized carbons (Fsp3) is 0.227. The zero-order chi connectivity index (χ0) is 19.6. The number of benzene rings is 1. The van der Waals surface area contributed by atoms with Crippen molar-refractivity contribution in [2.75, 3.05) is 5.32 Å². The second-order valence-electron chi connectivity index (χ2n) is 7.17. The van der Waals surface area contributed by atoms with E-state index >= 15 is 0 Å². The number of anilines is 1. The molecule has 0 atom stereocenters. The van der Waals surface area contributed by atoms with Crippen molar-refractivity contribution in [2.24, 2.45) is 0 Å². The maximum Gasteiger partial charge on any atom is 0.279 e. The largest absolute Gasteiger partial charge is 0.467 e. The quantitative estimate of drug-likeness (QED) is 0.550. The predicted molar refractivity (Wildman–Crippen MR) is 107 cm³/mol. The maximum atomic E-state index is 12.6. The summed E-state index contributed by atoms with van der Waals surface area (Å²) in [5.41, 5.74) is 3.93. The first-order valence-electron chi connectivity index (χ1n) is 9.71. The van der Waals surface area contributed by atoms with Gasteiger partial charge in [-0.15, -0.1) is 0 Å². The van der Waals surface area contributed by atoms with E-state index in [-0.39, 0.29) is 11.6 Å². The van der Waals surface area contributed by atoms with Gasteiger partial charge >= 0.3 is 0 Å². The molecule has 4 aromatic rings. The van der Waals surface area contributed by atoms with Gasteiger partial charge in [-0.25, -0.2) is 4.68 Å². The van der Waals surface area contributed by atoms with Crippen molar-refractivity contribution in [1.29, 1.82) is 0 Å². The highest BCUT2D eigenvalue weighted by Crippen LogP contribution is 2.28. The summed E-state index contributed by atoms with van der Waals surface area (Å²) >= 11 is 0. The Labute approximate surface area is 167 Å². The molecule has 29 heavy (non-hydrogen) atoms. The molecular formula is C22H20N4O3. The lowest BCUT2D eigenvalue weighted by Gasteiger charge is -2.15. The Bertz CT molecular complexity index is 1140. The first-order chi connectivity index (χ1) is 14.3. The molecule has 1 aliphatic carbocycles. The van der Waals surface area contributed by atoms with Crippen LogP contribution in [0.5, 0.6) is 0 Å². The smallest absolute Gasteiger partial charge is 0.279 e. The summed E-state index contributed by atoms with van der Waals surface area (Å²) in [5, 5.41) is 11.0. The molecule has 0 unspecified atom stereocenters. The predicted octanol–water partition coefficient (Wildman–Crippen LogP) is 4.31. The highest BCUT2D eigenvalue weighted by molar-refractivity contribution is 6.02. The molecule has 1 aliphatic rings. The van der Waals surface area contributed by atoms with Crippen molar-refractivity contribution >= 4 is 11.7 Å². The van der Waals surface area contributed by atoms with Crippen LogP contribution in [0.4, 0.5) is 5.82 Å². The second kappa shape index (κ2) is 7.43. The Morgan fingerprint density at radius 2 is 2.00 bits per heavy atom. The van der Waals surface area contributed by atoms with E-state index in [4.69, 9.17) is 8.94 Å². The van der Waals surface area contributed by atoms with Crippen molar-refractivity contribution < 1.29 is 13.7 Å². The van der Waals surface area contributed by atoms with E-state index in [9.17, 15) is 4.79 Å². The minimum Gasteiger partial charge on any atom is -0.467 e. The van der Waals surface area contributed by atoms with Gasteiger partial charge in [0.25, 0.3) is 5.91 Å². The van der Waals surface area contributed by atoms with Crippen molar-refractivity contribution in [3.05, 3.63) is 77.5 Å². The average molecular weight is 388 g/mol. The molecule has 0 aliphatic heterocycles. The summed E-state index contributed by atoms with van der Waals surface area (Å²) in [6, 6.07) is 13.4. The van der Waals surface area contributed by atoms with Crippen LogP contribution in [-0.4, -0.2) is 20.8 Å². The summed E-state index contributed by atoms with van der Waals surface area (Å²) in [4.78, 5) is 12.6. The zero-order valence-corrected chi connectivity index (χ0v) is 15.8. The molecular weight excluding hydrogens is 368 g/mol. The third-order valence-corrected chi connectivity index (χ3v) is 5.22. The fourth-order valence-corrected chi connectivity index (χ4v) is 3.70. The van der Waals surface area contributed by atoms with Crippen LogP contribution in [0, 0.1) is 0 Å². The van der Waals surface area contributed by atoms with Crippen LogP contribution in [0.25, 0.3) is 11.3 Å². The lowest BCUT2D eigenvalue weighted by Crippen LogP contribution is -2.16. The Morgan fingerprint density at radius 3 is 2.86 bits per heavy atom. The lowest BCUT2D eigenvalue weighted by molar-refractivity contribution is 0.101. The molecule has 1 aromatic carbocycles. The maximum absolute atomic E-state index is 12.6. The normalized spacial score (nSPS) is 13.2. The highest BCUT2D eigenvalue weighted by Gasteiger charge is 2.17. The number of hydrogen-bond acceptors (Lipinski definition) is 5. The average Bonchev–Trinajstić information content (AvgIpc) is 3.51. The van der Waals surface area contributed by atoms with Gasteiger partial charge in [0.2, 0.25) is 0 Å². The molecule has 3 heterocycles. The minimum absolute atomic E-state index is 0.225. The fourth-order valence-electron chi connectivity index (χ4n) is 3.70. The Balaban J connectivity index is 1.32. The van der Waals surface area contributed by atoms with Crippen LogP contribution in [-0.2, 0) is 19.4 Å². The molecule has 7 nitrogen and oxygen atoms in total. The van der Waals surface area contributed by atoms with E-state index in [0.717, 1.165) is 24.2 Å². The van der Waals surface area contributed by atoms with Gasteiger partial charge in [-0.2, -0.15) is 5.10 Å². The third kappa shape index (κ3) is 3.59. The molecule has 0 spiro atoms. The molecule has 1 amide bonds. The standard InChI is InChI=1S/C22H20N4O3/c27-22(24-21-9-10-23-26(21)14-18-6-3-11-28-18)19-13-20(29-25-19)17-8-7-15-4-1-2-5-16(15)12-17/h3,6-13H,1-2,4-5,14H2,(H,24,27). The number of carbonyl (C=O) groups excluding carboxylic acids is 1. The van der Waals surface area contributed by atoms with Gasteiger partial charge < -0.3 is 14.3 Å². The number of furan rings is 1. The van der Waals surface area contributed by atoms with Crippen LogP contribution in [0.3, 0.4) is 0 Å². The van der Waals surface area contributed by atoms with Crippen molar-refractivity contribution in [3.8, 4) is 11.3 Å². The first kappa shape index (κ1) is 17.5. The molecule has 0 saturated heterocycles. The van der Waals surface area contributed by atoms with Gasteiger partial charge in [0.1, 0.15) is 18.1 Å². The van der Waals surface area contributed by atoms with E-state index in [1.165, 1.54) is 24.0 Å². The molecule has 146 valence electrons. The SMILES string of the molecule is O=C(Nc1ccnn1Cc1ccco1)c1cc(-c2ccc3c(c2)CCCC3)on1. The number of nitrogens with one attached hydrogen (secondary N) is 1. The van der Waals surface area contributed by atoms with E-state index in [2.05, 4.69) is 27.7 Å². The van der Waals surface area contributed by atoms with Crippen LogP contribution in [0.2, 0.25) is 0 Å². The number of aromatic nitrogens is 3. The van der Waals surface area contributed by atoms with Gasteiger partial charge in [-0.1, -0.05) is 17.3 Å². The van der Waals surface area contributed by atoms with Crippen molar-refractivity contribution in [2.45, 2.75) is 32.2 Å². The number of fused-ring (bicyclic) bond motifs is 1. The van der Waals surface area contributed by atoms with Gasteiger partial charge in [-0.05, 0) is 55.0 Å². The molecule has 1 N–H and O–H groups in total. The van der Waals surface area contributed by atoms with Crippen LogP contribution in [0.15, 0.2) is 63.9 Å². The van der Waals surface area contributed by atoms with Gasteiger partial charge in [0, 0.05) is 17.7 Å². The zero-order valence-electron chi connectivity index (χ0n) is 15.8. The summed E-state index contributed by atoms with van der Waals surface area (Å²) in [5.74, 6) is 1.55. The number of amides is 1. The van der Waals surface area contributed by atoms with E-state index in [1.54, 1.807) is 29.3 Å². The molecule has 0 bridgehead atoms. The number of aryl methyl sites for hydroxylation is 2. The number of carbonyl (C=O) groups is 1. The Kier molecular flexibility index (Phi) is 4.48. The van der Waals surface area contributed by atoms with Gasteiger partial charge in [0.05, 0.1) is 12.5 Å². The van der Waals surface area contributed by atoms with Crippen LogP contribution in [0.1, 0.15) is 40.2 Å². The molecule has 7 heteroatoms. The van der Waals surface area contributed by atoms with Gasteiger partial charge in [0.15, 0.2) is 11.5 Å². The molecule has 0 fully saturated rings. The highest BCUT2D eigenvalue weighted by atomic mass is 16.5.